The van der Waals surface area contributed by atoms with Gasteiger partial charge in [0.1, 0.15) is 23.7 Å². The number of benzene rings is 2. The van der Waals surface area contributed by atoms with Crippen LogP contribution in [0.1, 0.15) is 88.4 Å². The zero-order valence-electron chi connectivity index (χ0n) is 36.0. The summed E-state index contributed by atoms with van der Waals surface area (Å²) in [7, 11) is 2.70. The van der Waals surface area contributed by atoms with Gasteiger partial charge in [-0.3, -0.25) is 9.59 Å². The Balaban J connectivity index is 0.712. The van der Waals surface area contributed by atoms with Crippen LogP contribution in [0.15, 0.2) is 60.9 Å². The summed E-state index contributed by atoms with van der Waals surface area (Å²) in [6.07, 6.45) is 11.5. The Bertz CT molecular complexity index is 2440. The summed E-state index contributed by atoms with van der Waals surface area (Å²) in [5.41, 5.74) is 5.98. The predicted molar refractivity (Wildman–Crippen MR) is 231 cm³/mol. The fourth-order valence-electron chi connectivity index (χ4n) is 13.0. The van der Waals surface area contributed by atoms with Crippen molar-refractivity contribution in [2.45, 2.75) is 101 Å². The van der Waals surface area contributed by atoms with Crippen molar-refractivity contribution in [3.8, 4) is 33.6 Å². The number of hydrogen-bond donors (Lipinski definition) is 4. The van der Waals surface area contributed by atoms with Crippen molar-refractivity contribution < 1.29 is 28.7 Å². The summed E-state index contributed by atoms with van der Waals surface area (Å²) in [6, 6.07) is 15.8. The Kier molecular flexibility index (Phi) is 9.09. The number of H-pyrrole nitrogens is 2. The zero-order chi connectivity index (χ0) is 42.8. The molecule has 4 amide bonds. The number of alkyl carbamates (subject to hydrolysis) is 2. The van der Waals surface area contributed by atoms with E-state index in [0.717, 1.165) is 96.7 Å². The number of fused-ring (bicyclic) bond motifs is 4. The lowest BCUT2D eigenvalue weighted by Gasteiger charge is -2.33. The molecule has 328 valence electrons. The van der Waals surface area contributed by atoms with E-state index in [1.54, 1.807) is 0 Å². The number of ether oxygens (including phenoxy) is 2. The molecule has 8 fully saturated rings. The van der Waals surface area contributed by atoms with Gasteiger partial charge in [0.25, 0.3) is 0 Å². The molecule has 12 unspecified atom stereocenters. The van der Waals surface area contributed by atoms with E-state index in [1.807, 2.05) is 22.2 Å². The van der Waals surface area contributed by atoms with Crippen molar-refractivity contribution in [1.29, 1.82) is 0 Å². The molecular weight excluding hydrogens is 797 g/mol. The van der Waals surface area contributed by atoms with Crippen LogP contribution < -0.4 is 10.6 Å². The third kappa shape index (κ3) is 6.81. The van der Waals surface area contributed by atoms with E-state index in [9.17, 15) is 19.2 Å². The summed E-state index contributed by atoms with van der Waals surface area (Å²) in [6.45, 7) is 2.29. The molecule has 8 aliphatic rings. The van der Waals surface area contributed by atoms with Crippen LogP contribution in [0.3, 0.4) is 0 Å². The van der Waals surface area contributed by atoms with Crippen molar-refractivity contribution in [2.24, 2.45) is 53.3 Å². The summed E-state index contributed by atoms with van der Waals surface area (Å²) >= 11 is 0. The number of carbonyl (C=O) groups is 4. The highest BCUT2D eigenvalue weighted by molar-refractivity contribution is 5.88. The number of amides is 4. The number of nitrogens with zero attached hydrogens (tertiary/aromatic N) is 4. The van der Waals surface area contributed by atoms with E-state index in [-0.39, 0.29) is 47.8 Å². The monoisotopic (exact) mass is 852 g/mol. The molecule has 2 aromatic heterocycles. The molecule has 4 heterocycles. The molecule has 14 heteroatoms. The van der Waals surface area contributed by atoms with Crippen molar-refractivity contribution in [2.75, 3.05) is 14.2 Å². The maximum absolute atomic E-state index is 14.3. The Morgan fingerprint density at radius 2 is 0.984 bits per heavy atom. The van der Waals surface area contributed by atoms with Crippen molar-refractivity contribution in [1.82, 2.24) is 40.4 Å². The Hall–Kier alpha value is -5.66. The Labute approximate surface area is 366 Å². The second kappa shape index (κ2) is 14.7. The highest BCUT2D eigenvalue weighted by atomic mass is 16.5. The lowest BCUT2D eigenvalue weighted by atomic mass is 9.91. The molecule has 4 N–H and O–H groups in total. The first-order valence-electron chi connectivity index (χ1n) is 23.3. The van der Waals surface area contributed by atoms with E-state index < -0.39 is 24.3 Å². The van der Waals surface area contributed by atoms with Crippen LogP contribution in [0.25, 0.3) is 33.6 Å². The summed E-state index contributed by atoms with van der Waals surface area (Å²) in [5.74, 6) is 6.18. The third-order valence-corrected chi connectivity index (χ3v) is 16.8. The van der Waals surface area contributed by atoms with Gasteiger partial charge in [0.2, 0.25) is 11.8 Å². The first-order chi connectivity index (χ1) is 30.6. The van der Waals surface area contributed by atoms with Gasteiger partial charge in [-0.05, 0) is 133 Å². The zero-order valence-corrected chi connectivity index (χ0v) is 36.0. The molecule has 14 nitrogen and oxygen atoms in total. The minimum absolute atomic E-state index is 0.00350. The number of carbonyl (C=O) groups excluding carboxylic acids is 4. The number of piperidine rings is 2. The average molecular weight is 853 g/mol. The van der Waals surface area contributed by atoms with Gasteiger partial charge in [-0.15, -0.1) is 0 Å². The number of methoxy groups -OCH3 is 2. The number of likely N-dealkylation sites (tertiary alicyclic amines) is 2. The third-order valence-electron chi connectivity index (χ3n) is 16.8. The van der Waals surface area contributed by atoms with Crippen LogP contribution in [-0.4, -0.2) is 92.1 Å². The smallest absolute Gasteiger partial charge is 0.407 e. The van der Waals surface area contributed by atoms with Gasteiger partial charge in [-0.1, -0.05) is 55.5 Å². The molecule has 63 heavy (non-hydrogen) atoms. The number of imidazole rings is 2. The standard InChI is InChI=1S/C49H56N8O6/c1-23-34-15-33(16-35(23)34)43(55-49(61)63-3)47(59)57-39-18-31(39)20-41(57)45-51-22-37(53-45)27-10-6-25(7-11-27)24-4-8-26(9-5-24)36-21-50-44(52-36)40-19-30-17-38(30)56(40)46(58)42(54-48(60)62-2)32-13-28-12-29(28)14-32/h4-11,21-23,28-35,38-43H,12-20H2,1-3H3,(H,50,52)(H,51,53)(H,54,60)(H,55,61). The van der Waals surface area contributed by atoms with Crippen molar-refractivity contribution >= 4 is 24.0 Å². The van der Waals surface area contributed by atoms with Gasteiger partial charge < -0.3 is 39.9 Å². The van der Waals surface area contributed by atoms with Crippen LogP contribution in [0.5, 0.6) is 0 Å². The predicted octanol–water partition coefficient (Wildman–Crippen LogP) is 7.25. The van der Waals surface area contributed by atoms with Crippen LogP contribution in [-0.2, 0) is 19.1 Å². The molecule has 6 saturated carbocycles. The first kappa shape index (κ1) is 39.0. The normalized spacial score (nSPS) is 34.6. The molecule has 4 aromatic rings. The first-order valence-corrected chi connectivity index (χ1v) is 23.3. The number of hydrogen-bond acceptors (Lipinski definition) is 8. The molecule has 2 saturated heterocycles. The lowest BCUT2D eigenvalue weighted by molar-refractivity contribution is -0.137. The molecule has 2 aromatic carbocycles. The van der Waals surface area contributed by atoms with E-state index >= 15 is 0 Å². The molecule has 0 spiro atoms. The molecule has 0 bridgehead atoms. The second-order valence-corrected chi connectivity index (χ2v) is 20.3. The van der Waals surface area contributed by atoms with E-state index in [2.05, 4.69) is 76.1 Å². The Morgan fingerprint density at radius 3 is 1.41 bits per heavy atom. The van der Waals surface area contributed by atoms with Gasteiger partial charge in [-0.2, -0.15) is 0 Å². The minimum atomic E-state index is -0.582. The summed E-state index contributed by atoms with van der Waals surface area (Å²) in [4.78, 5) is 74.3. The fraction of sp³-hybridized carbons (Fsp3) is 0.551. The molecular formula is C49H56N8O6. The highest BCUT2D eigenvalue weighted by Crippen LogP contribution is 2.61. The van der Waals surface area contributed by atoms with Crippen LogP contribution in [0.2, 0.25) is 0 Å². The SMILES string of the molecule is COC(=O)NC(C(=O)N1C(c2ncc(-c3ccc(-c4ccc(-c5cnc(C6CC7CC7N6C(=O)C(NC(=O)OC)C6CC7C(C)C7C6)[nH]5)cc4)cc3)[nH]2)CC2CC21)C1CC2CC2C1. The summed E-state index contributed by atoms with van der Waals surface area (Å²) < 4.78 is 9.92. The quantitative estimate of drug-likeness (QED) is 0.122. The highest BCUT2D eigenvalue weighted by Gasteiger charge is 2.61. The van der Waals surface area contributed by atoms with Crippen LogP contribution in [0, 0.1) is 53.3 Å². The topological polar surface area (TPSA) is 175 Å². The summed E-state index contributed by atoms with van der Waals surface area (Å²) in [5, 5.41) is 5.86. The van der Waals surface area contributed by atoms with Crippen molar-refractivity contribution in [3.63, 3.8) is 0 Å². The molecule has 12 rings (SSSR count). The average Bonchev–Trinajstić information content (AvgIpc) is 4.17. The lowest BCUT2D eigenvalue weighted by Crippen LogP contribution is -2.52. The molecule has 2 aliphatic heterocycles. The van der Waals surface area contributed by atoms with Gasteiger partial charge in [-0.25, -0.2) is 19.6 Å². The maximum Gasteiger partial charge on any atom is 0.407 e. The van der Waals surface area contributed by atoms with Gasteiger partial charge in [0.05, 0.1) is 50.1 Å². The van der Waals surface area contributed by atoms with E-state index in [4.69, 9.17) is 19.4 Å². The number of nitrogens with one attached hydrogen (secondary N) is 4. The van der Waals surface area contributed by atoms with Gasteiger partial charge in [0, 0.05) is 12.1 Å². The van der Waals surface area contributed by atoms with E-state index in [1.165, 1.54) is 20.6 Å². The fourth-order valence-corrected chi connectivity index (χ4v) is 13.0. The van der Waals surface area contributed by atoms with Crippen LogP contribution in [0.4, 0.5) is 9.59 Å². The number of rotatable bonds is 11. The Morgan fingerprint density at radius 1 is 0.571 bits per heavy atom. The van der Waals surface area contributed by atoms with Gasteiger partial charge in [0.15, 0.2) is 0 Å². The maximum atomic E-state index is 14.3. The van der Waals surface area contributed by atoms with Gasteiger partial charge >= 0.3 is 12.2 Å². The largest absolute Gasteiger partial charge is 0.453 e. The minimum Gasteiger partial charge on any atom is -0.453 e. The molecule has 0 radical (unpaired) electrons. The van der Waals surface area contributed by atoms with Crippen LogP contribution >= 0.6 is 0 Å². The number of aromatic amines is 2. The number of aromatic nitrogens is 4. The van der Waals surface area contributed by atoms with Crippen molar-refractivity contribution in [3.05, 3.63) is 72.6 Å². The molecule has 6 aliphatic carbocycles. The van der Waals surface area contributed by atoms with E-state index in [0.29, 0.717) is 41.4 Å². The second-order valence-electron chi connectivity index (χ2n) is 20.3. The molecule has 12 atom stereocenters.